The number of ether oxygens (including phenoxy) is 1. The summed E-state index contributed by atoms with van der Waals surface area (Å²) in [5.74, 6) is 0.749. The first-order chi connectivity index (χ1) is 7.19. The van der Waals surface area contributed by atoms with Gasteiger partial charge in [0.25, 0.3) is 0 Å². The Labute approximate surface area is 90.8 Å². The molecule has 0 aliphatic rings. The topological polar surface area (TPSA) is 60.2 Å². The zero-order valence-corrected chi connectivity index (χ0v) is 9.58. The van der Waals surface area contributed by atoms with Gasteiger partial charge in [-0.15, -0.1) is 0 Å². The number of rotatable bonds is 5. The van der Waals surface area contributed by atoms with E-state index in [2.05, 4.69) is 17.2 Å². The van der Waals surface area contributed by atoms with Gasteiger partial charge in [-0.1, -0.05) is 6.92 Å². The van der Waals surface area contributed by atoms with Gasteiger partial charge in [0.05, 0.1) is 18.3 Å². The average Bonchev–Trinajstić information content (AvgIpc) is 2.24. The summed E-state index contributed by atoms with van der Waals surface area (Å²) in [4.78, 5) is 4.22. The third-order valence-corrected chi connectivity index (χ3v) is 2.41. The highest BCUT2D eigenvalue weighted by Gasteiger charge is 2.09. The van der Waals surface area contributed by atoms with Crippen molar-refractivity contribution in [2.24, 2.45) is 0 Å². The lowest BCUT2D eigenvalue weighted by atomic mass is 10.2. The van der Waals surface area contributed by atoms with E-state index in [-0.39, 0.29) is 6.04 Å². The number of aromatic nitrogens is 1. The Balaban J connectivity index is 2.74. The van der Waals surface area contributed by atoms with E-state index in [1.807, 2.05) is 13.0 Å². The lowest BCUT2D eigenvalue weighted by Crippen LogP contribution is -2.25. The molecule has 3 N–H and O–H groups in total. The highest BCUT2D eigenvalue weighted by atomic mass is 16.5. The standard InChI is InChI=1S/C11H19N3O/c1-4-9(7-15-3)14-11-10(12)8(2)5-6-13-11/h5-6,9H,4,7,12H2,1-3H3,(H,13,14). The van der Waals surface area contributed by atoms with Gasteiger partial charge in [-0.2, -0.15) is 0 Å². The molecule has 0 saturated heterocycles. The van der Waals surface area contributed by atoms with Crippen LogP contribution in [0.15, 0.2) is 12.3 Å². The Morgan fingerprint density at radius 1 is 1.60 bits per heavy atom. The average molecular weight is 209 g/mol. The van der Waals surface area contributed by atoms with Crippen molar-refractivity contribution in [3.05, 3.63) is 17.8 Å². The maximum atomic E-state index is 5.92. The minimum absolute atomic E-state index is 0.256. The van der Waals surface area contributed by atoms with Crippen LogP contribution in [0.2, 0.25) is 0 Å². The number of hydrogen-bond acceptors (Lipinski definition) is 4. The third kappa shape index (κ3) is 3.09. The summed E-state index contributed by atoms with van der Waals surface area (Å²) >= 11 is 0. The lowest BCUT2D eigenvalue weighted by Gasteiger charge is -2.18. The Bertz CT molecular complexity index is 315. The summed E-state index contributed by atoms with van der Waals surface area (Å²) < 4.78 is 5.11. The summed E-state index contributed by atoms with van der Waals surface area (Å²) in [5, 5.41) is 3.28. The molecular weight excluding hydrogens is 190 g/mol. The quantitative estimate of drug-likeness (QED) is 0.776. The van der Waals surface area contributed by atoms with Crippen LogP contribution in [-0.2, 0) is 4.74 Å². The molecule has 4 nitrogen and oxygen atoms in total. The number of hydrogen-bond donors (Lipinski definition) is 2. The minimum atomic E-state index is 0.256. The minimum Gasteiger partial charge on any atom is -0.396 e. The van der Waals surface area contributed by atoms with Gasteiger partial charge in [-0.25, -0.2) is 4.98 Å². The summed E-state index contributed by atoms with van der Waals surface area (Å²) in [6, 6.07) is 2.16. The van der Waals surface area contributed by atoms with Crippen LogP contribution in [0, 0.1) is 6.92 Å². The highest BCUT2D eigenvalue weighted by Crippen LogP contribution is 2.19. The second-order valence-electron chi connectivity index (χ2n) is 3.59. The second kappa shape index (κ2) is 5.56. The van der Waals surface area contributed by atoms with Gasteiger partial charge in [-0.3, -0.25) is 0 Å². The monoisotopic (exact) mass is 209 g/mol. The van der Waals surface area contributed by atoms with E-state index >= 15 is 0 Å². The van der Waals surface area contributed by atoms with Crippen molar-refractivity contribution in [3.8, 4) is 0 Å². The molecule has 0 bridgehead atoms. The van der Waals surface area contributed by atoms with Crippen molar-refractivity contribution < 1.29 is 4.74 Å². The molecule has 0 amide bonds. The van der Waals surface area contributed by atoms with Crippen LogP contribution in [0.3, 0.4) is 0 Å². The Kier molecular flexibility index (Phi) is 4.37. The molecule has 0 aliphatic heterocycles. The molecule has 1 aromatic rings. The molecule has 0 spiro atoms. The Hall–Kier alpha value is -1.29. The van der Waals surface area contributed by atoms with E-state index < -0.39 is 0 Å². The normalized spacial score (nSPS) is 12.5. The van der Waals surface area contributed by atoms with Crippen molar-refractivity contribution in [2.75, 3.05) is 24.8 Å². The molecule has 4 heteroatoms. The van der Waals surface area contributed by atoms with E-state index in [0.717, 1.165) is 17.8 Å². The van der Waals surface area contributed by atoms with Crippen LogP contribution in [0.25, 0.3) is 0 Å². The second-order valence-corrected chi connectivity index (χ2v) is 3.59. The SMILES string of the molecule is CCC(COC)Nc1nccc(C)c1N. The van der Waals surface area contributed by atoms with Crippen molar-refractivity contribution >= 4 is 11.5 Å². The van der Waals surface area contributed by atoms with Crippen molar-refractivity contribution in [1.82, 2.24) is 4.98 Å². The fraction of sp³-hybridized carbons (Fsp3) is 0.545. The molecule has 0 radical (unpaired) electrons. The van der Waals surface area contributed by atoms with Crippen LogP contribution in [0.4, 0.5) is 11.5 Å². The molecule has 1 heterocycles. The third-order valence-electron chi connectivity index (χ3n) is 2.41. The first-order valence-corrected chi connectivity index (χ1v) is 5.15. The summed E-state index contributed by atoms with van der Waals surface area (Å²) in [5.41, 5.74) is 7.67. The first-order valence-electron chi connectivity index (χ1n) is 5.15. The zero-order valence-electron chi connectivity index (χ0n) is 9.58. The predicted octanol–water partition coefficient (Wildman–Crippen LogP) is 1.81. The summed E-state index contributed by atoms with van der Waals surface area (Å²) in [6.45, 7) is 4.73. The maximum Gasteiger partial charge on any atom is 0.149 e. The van der Waals surface area contributed by atoms with Gasteiger partial charge in [0.15, 0.2) is 0 Å². The fourth-order valence-corrected chi connectivity index (χ4v) is 1.34. The van der Waals surface area contributed by atoms with Crippen LogP contribution in [-0.4, -0.2) is 24.7 Å². The molecule has 84 valence electrons. The van der Waals surface area contributed by atoms with Gasteiger partial charge in [-0.05, 0) is 25.0 Å². The summed E-state index contributed by atoms with van der Waals surface area (Å²) in [6.07, 6.45) is 2.73. The molecule has 0 aliphatic carbocycles. The van der Waals surface area contributed by atoms with Gasteiger partial charge in [0.1, 0.15) is 5.82 Å². The highest BCUT2D eigenvalue weighted by molar-refractivity contribution is 5.65. The first kappa shape index (κ1) is 11.8. The number of nitrogens with one attached hydrogen (secondary N) is 1. The molecule has 1 atom stereocenters. The van der Waals surface area contributed by atoms with E-state index in [1.165, 1.54) is 0 Å². The molecule has 1 unspecified atom stereocenters. The molecule has 1 aromatic heterocycles. The fourth-order valence-electron chi connectivity index (χ4n) is 1.34. The van der Waals surface area contributed by atoms with Crippen molar-refractivity contribution in [2.45, 2.75) is 26.3 Å². The molecule has 0 fully saturated rings. The van der Waals surface area contributed by atoms with Gasteiger partial charge in [0, 0.05) is 13.3 Å². The Morgan fingerprint density at radius 3 is 2.93 bits per heavy atom. The van der Waals surface area contributed by atoms with E-state index in [4.69, 9.17) is 10.5 Å². The molecular formula is C11H19N3O. The van der Waals surface area contributed by atoms with Crippen LogP contribution < -0.4 is 11.1 Å². The van der Waals surface area contributed by atoms with E-state index in [9.17, 15) is 0 Å². The molecule has 0 aromatic carbocycles. The predicted molar refractivity (Wildman–Crippen MR) is 63.0 cm³/mol. The number of aryl methyl sites for hydroxylation is 1. The Morgan fingerprint density at radius 2 is 2.33 bits per heavy atom. The largest absolute Gasteiger partial charge is 0.396 e. The number of methoxy groups -OCH3 is 1. The number of nitrogen functional groups attached to an aromatic ring is 1. The van der Waals surface area contributed by atoms with Gasteiger partial charge in [0.2, 0.25) is 0 Å². The van der Waals surface area contributed by atoms with Crippen LogP contribution in [0.1, 0.15) is 18.9 Å². The zero-order chi connectivity index (χ0) is 11.3. The van der Waals surface area contributed by atoms with Gasteiger partial charge < -0.3 is 15.8 Å². The van der Waals surface area contributed by atoms with Crippen LogP contribution in [0.5, 0.6) is 0 Å². The summed E-state index contributed by atoms with van der Waals surface area (Å²) in [7, 11) is 1.69. The number of nitrogens with two attached hydrogens (primary N) is 1. The van der Waals surface area contributed by atoms with Crippen molar-refractivity contribution in [3.63, 3.8) is 0 Å². The number of nitrogens with zero attached hydrogens (tertiary/aromatic N) is 1. The lowest BCUT2D eigenvalue weighted by molar-refractivity contribution is 0.184. The molecule has 1 rings (SSSR count). The van der Waals surface area contributed by atoms with Gasteiger partial charge >= 0.3 is 0 Å². The van der Waals surface area contributed by atoms with Crippen molar-refractivity contribution in [1.29, 1.82) is 0 Å². The number of pyridine rings is 1. The van der Waals surface area contributed by atoms with E-state index in [0.29, 0.717) is 12.3 Å². The van der Waals surface area contributed by atoms with Crippen LogP contribution >= 0.6 is 0 Å². The molecule has 0 saturated carbocycles. The van der Waals surface area contributed by atoms with E-state index in [1.54, 1.807) is 13.3 Å². The number of anilines is 2. The smallest absolute Gasteiger partial charge is 0.149 e. The maximum absolute atomic E-state index is 5.92. The molecule has 15 heavy (non-hydrogen) atoms.